The number of thiophene rings is 1. The molecule has 1 aromatic heterocycles. The smallest absolute Gasteiger partial charge is 0.353 e. The van der Waals surface area contributed by atoms with Gasteiger partial charge in [-0.25, -0.2) is 9.59 Å². The highest BCUT2D eigenvalue weighted by molar-refractivity contribution is 8.00. The Kier molecular flexibility index (Phi) is 5.99. The SMILES string of the molecule is O=C(O)CO/N=C/C1=C(C(=O)O)N2C(=O)C(NC(=O)Cc3cccs3)[C@H]2SC1. The van der Waals surface area contributed by atoms with Crippen LogP contribution in [0.3, 0.4) is 0 Å². The zero-order valence-electron chi connectivity index (χ0n) is 14.2. The summed E-state index contributed by atoms with van der Waals surface area (Å²) in [6.07, 6.45) is 1.24. The number of oxime groups is 1. The second-order valence-corrected chi connectivity index (χ2v) is 7.93. The summed E-state index contributed by atoms with van der Waals surface area (Å²) in [6.45, 7) is -0.664. The molecular formula is C16H15N3O7S2. The zero-order valence-corrected chi connectivity index (χ0v) is 15.9. The summed E-state index contributed by atoms with van der Waals surface area (Å²) in [5.74, 6) is -3.15. The number of nitrogens with one attached hydrogen (secondary N) is 1. The number of carbonyl (C=O) groups is 4. The van der Waals surface area contributed by atoms with Gasteiger partial charge < -0.3 is 20.4 Å². The van der Waals surface area contributed by atoms with Crippen LogP contribution in [0, 0.1) is 0 Å². The molecule has 2 aliphatic heterocycles. The van der Waals surface area contributed by atoms with Crippen LogP contribution in [-0.2, 0) is 30.4 Å². The van der Waals surface area contributed by atoms with Crippen LogP contribution >= 0.6 is 23.1 Å². The quantitative estimate of drug-likeness (QED) is 0.302. The van der Waals surface area contributed by atoms with Crippen LogP contribution in [0.15, 0.2) is 33.9 Å². The molecule has 12 heteroatoms. The summed E-state index contributed by atoms with van der Waals surface area (Å²) >= 11 is 2.71. The summed E-state index contributed by atoms with van der Waals surface area (Å²) in [5.41, 5.74) is -0.0315. The van der Waals surface area contributed by atoms with Gasteiger partial charge in [0, 0.05) is 16.2 Å². The first-order chi connectivity index (χ1) is 13.4. The Morgan fingerprint density at radius 1 is 1.39 bits per heavy atom. The molecule has 0 spiro atoms. The molecule has 0 aromatic carbocycles. The van der Waals surface area contributed by atoms with Gasteiger partial charge in [-0.3, -0.25) is 14.5 Å². The van der Waals surface area contributed by atoms with Gasteiger partial charge in [-0.1, -0.05) is 11.2 Å². The molecule has 28 heavy (non-hydrogen) atoms. The molecular weight excluding hydrogens is 410 g/mol. The highest BCUT2D eigenvalue weighted by Gasteiger charge is 2.54. The van der Waals surface area contributed by atoms with E-state index in [4.69, 9.17) is 5.11 Å². The van der Waals surface area contributed by atoms with Crippen LogP contribution in [0.4, 0.5) is 0 Å². The van der Waals surface area contributed by atoms with Crippen molar-refractivity contribution in [2.75, 3.05) is 12.4 Å². The van der Waals surface area contributed by atoms with Gasteiger partial charge in [0.2, 0.25) is 12.5 Å². The van der Waals surface area contributed by atoms with Gasteiger partial charge in [0.25, 0.3) is 5.91 Å². The van der Waals surface area contributed by atoms with Gasteiger partial charge in [-0.2, -0.15) is 0 Å². The first-order valence-corrected chi connectivity index (χ1v) is 9.91. The maximum atomic E-state index is 12.5. The van der Waals surface area contributed by atoms with Gasteiger partial charge in [0.1, 0.15) is 17.1 Å². The third kappa shape index (κ3) is 4.17. The van der Waals surface area contributed by atoms with E-state index in [9.17, 15) is 24.3 Å². The molecule has 3 N–H and O–H groups in total. The topological polar surface area (TPSA) is 146 Å². The van der Waals surface area contributed by atoms with Crippen molar-refractivity contribution in [1.82, 2.24) is 10.2 Å². The number of carboxylic acids is 2. The van der Waals surface area contributed by atoms with Crippen molar-refractivity contribution in [1.29, 1.82) is 0 Å². The van der Waals surface area contributed by atoms with E-state index in [2.05, 4.69) is 15.3 Å². The van der Waals surface area contributed by atoms with E-state index >= 15 is 0 Å². The fourth-order valence-corrected chi connectivity index (χ4v) is 4.73. The van der Waals surface area contributed by atoms with E-state index in [1.165, 1.54) is 23.1 Å². The number of β-lactam (4-membered cyclic amide) rings is 1. The van der Waals surface area contributed by atoms with Gasteiger partial charge in [0.15, 0.2) is 0 Å². The maximum Gasteiger partial charge on any atom is 0.353 e. The van der Waals surface area contributed by atoms with Crippen LogP contribution in [-0.4, -0.2) is 68.9 Å². The van der Waals surface area contributed by atoms with Crippen LogP contribution in [0.2, 0.25) is 0 Å². The number of hydrogen-bond donors (Lipinski definition) is 3. The van der Waals surface area contributed by atoms with Crippen molar-refractivity contribution < 1.29 is 34.2 Å². The standard InChI is InChI=1S/C16H15N3O7S2/c20-10(4-9-2-1-3-27-9)18-12-14(23)19-13(16(24)25)8(7-28-15(12)19)5-17-26-6-11(21)22/h1-3,5,12,15H,4,6-7H2,(H,18,20)(H,21,22)(H,24,25)/b17-5+/t12?,15-/m1/s1. The molecule has 3 rings (SSSR count). The highest BCUT2D eigenvalue weighted by atomic mass is 32.2. The fraction of sp³-hybridized carbons (Fsp3) is 0.312. The number of thioether (sulfide) groups is 1. The summed E-state index contributed by atoms with van der Waals surface area (Å²) in [6, 6.07) is 2.85. The van der Waals surface area contributed by atoms with Crippen molar-refractivity contribution in [2.45, 2.75) is 17.8 Å². The van der Waals surface area contributed by atoms with Crippen LogP contribution < -0.4 is 5.32 Å². The highest BCUT2D eigenvalue weighted by Crippen LogP contribution is 2.39. The Balaban J connectivity index is 1.68. The lowest BCUT2D eigenvalue weighted by atomic mass is 10.0. The number of aliphatic carboxylic acids is 2. The fourth-order valence-electron chi connectivity index (χ4n) is 2.73. The largest absolute Gasteiger partial charge is 0.479 e. The predicted molar refractivity (Wildman–Crippen MR) is 99.8 cm³/mol. The van der Waals surface area contributed by atoms with Crippen LogP contribution in [0.5, 0.6) is 0 Å². The Labute approximate surface area is 166 Å². The lowest BCUT2D eigenvalue weighted by molar-refractivity contribution is -0.150. The number of nitrogens with zero attached hydrogens (tertiary/aromatic N) is 2. The predicted octanol–water partition coefficient (Wildman–Crippen LogP) is 0.116. The minimum atomic E-state index is -1.32. The van der Waals surface area contributed by atoms with Crippen molar-refractivity contribution in [3.63, 3.8) is 0 Å². The molecule has 1 fully saturated rings. The Bertz CT molecular complexity index is 866. The monoisotopic (exact) mass is 425 g/mol. The summed E-state index contributed by atoms with van der Waals surface area (Å²) < 4.78 is 0. The maximum absolute atomic E-state index is 12.5. The average Bonchev–Trinajstić information content (AvgIpc) is 3.15. The molecule has 2 aliphatic rings. The van der Waals surface area contributed by atoms with E-state index in [1.807, 2.05) is 17.5 Å². The van der Waals surface area contributed by atoms with E-state index in [-0.39, 0.29) is 29.4 Å². The molecule has 10 nitrogen and oxygen atoms in total. The minimum absolute atomic E-state index is 0.152. The second kappa shape index (κ2) is 8.44. The third-order valence-corrected chi connectivity index (χ3v) is 6.08. The van der Waals surface area contributed by atoms with Crippen molar-refractivity contribution >= 4 is 53.1 Å². The molecule has 148 valence electrons. The molecule has 2 atom stereocenters. The molecule has 1 aromatic rings. The summed E-state index contributed by atoms with van der Waals surface area (Å²) in [4.78, 5) is 53.1. The normalized spacial score (nSPS) is 21.3. The average molecular weight is 425 g/mol. The lowest BCUT2D eigenvalue weighted by Crippen LogP contribution is -2.70. The molecule has 0 aliphatic carbocycles. The third-order valence-electron chi connectivity index (χ3n) is 3.90. The molecule has 2 amide bonds. The summed E-state index contributed by atoms with van der Waals surface area (Å²) in [7, 11) is 0. The molecule has 1 saturated heterocycles. The van der Waals surface area contributed by atoms with Crippen molar-refractivity contribution in [3.05, 3.63) is 33.7 Å². The Hall–Kier alpha value is -2.86. The van der Waals surface area contributed by atoms with Gasteiger partial charge >= 0.3 is 11.9 Å². The van der Waals surface area contributed by atoms with Crippen LogP contribution in [0.1, 0.15) is 4.88 Å². The number of hydrogen-bond acceptors (Lipinski definition) is 8. The number of carbonyl (C=O) groups excluding carboxylic acids is 2. The zero-order chi connectivity index (χ0) is 20.3. The van der Waals surface area contributed by atoms with Gasteiger partial charge in [-0.05, 0) is 11.4 Å². The van der Waals surface area contributed by atoms with Crippen molar-refractivity contribution in [3.8, 4) is 0 Å². The number of rotatable bonds is 8. The second-order valence-electron chi connectivity index (χ2n) is 5.79. The number of amides is 2. The van der Waals surface area contributed by atoms with E-state index in [1.54, 1.807) is 0 Å². The molecule has 0 saturated carbocycles. The van der Waals surface area contributed by atoms with E-state index in [0.717, 1.165) is 16.0 Å². The minimum Gasteiger partial charge on any atom is -0.479 e. The first kappa shape index (κ1) is 19.9. The lowest BCUT2D eigenvalue weighted by Gasteiger charge is -2.49. The molecule has 1 unspecified atom stereocenters. The van der Waals surface area contributed by atoms with Gasteiger partial charge in [-0.15, -0.1) is 23.1 Å². The molecule has 0 bridgehead atoms. The van der Waals surface area contributed by atoms with E-state index in [0.29, 0.717) is 0 Å². The van der Waals surface area contributed by atoms with Gasteiger partial charge in [0.05, 0.1) is 12.6 Å². The first-order valence-electron chi connectivity index (χ1n) is 7.98. The Morgan fingerprint density at radius 2 is 2.18 bits per heavy atom. The number of carboxylic acid groups (broad SMARTS) is 2. The molecule has 0 radical (unpaired) electrons. The van der Waals surface area contributed by atoms with E-state index < -0.39 is 35.9 Å². The molecule has 3 heterocycles. The van der Waals surface area contributed by atoms with Crippen molar-refractivity contribution in [2.24, 2.45) is 5.16 Å². The Morgan fingerprint density at radius 3 is 2.82 bits per heavy atom. The number of fused-ring (bicyclic) bond motifs is 1. The summed E-state index contributed by atoms with van der Waals surface area (Å²) in [5, 5.41) is 25.4. The van der Waals surface area contributed by atoms with Crippen LogP contribution in [0.25, 0.3) is 0 Å².